The number of aryl methyl sites for hydroxylation is 1. The Morgan fingerprint density at radius 2 is 1.94 bits per heavy atom. The number of amides is 1. The molecule has 0 saturated carbocycles. The minimum Gasteiger partial charge on any atom is -0.495 e. The van der Waals surface area contributed by atoms with Gasteiger partial charge in [-0.15, -0.1) is 0 Å². The number of thioether (sulfide) groups is 1. The number of nitrogens with zero attached hydrogens (tertiary/aromatic N) is 1. The van der Waals surface area contributed by atoms with E-state index in [1.807, 2.05) is 6.92 Å². The highest BCUT2D eigenvalue weighted by molar-refractivity contribution is 7.99. The lowest BCUT2D eigenvalue weighted by Gasteiger charge is -2.08. The summed E-state index contributed by atoms with van der Waals surface area (Å²) < 4.78 is 30.6. The number of nitrogens with one attached hydrogen (secondary N) is 2. The lowest BCUT2D eigenvalue weighted by molar-refractivity contribution is -0.113. The van der Waals surface area contributed by atoms with Crippen molar-refractivity contribution in [2.24, 2.45) is 0 Å². The normalized spacial score (nSPS) is 11.2. The first kappa shape index (κ1) is 23.8. The summed E-state index contributed by atoms with van der Waals surface area (Å²) in [4.78, 5) is 30.5. The van der Waals surface area contributed by atoms with Gasteiger partial charge in [-0.2, -0.15) is 0 Å². The Morgan fingerprint density at radius 3 is 2.53 bits per heavy atom. The summed E-state index contributed by atoms with van der Waals surface area (Å²) in [6.45, 7) is 1.96. The van der Waals surface area contributed by atoms with Gasteiger partial charge in [-0.1, -0.05) is 42.4 Å². The predicted octanol–water partition coefficient (Wildman–Crippen LogP) is 3.56. The molecule has 1 aromatic heterocycles. The number of hydrogen-bond donors (Lipinski definition) is 2. The third kappa shape index (κ3) is 5.50. The molecular weight excluding hydrogens is 474 g/mol. The molecule has 0 atom stereocenters. The van der Waals surface area contributed by atoms with E-state index in [9.17, 15) is 18.0 Å². The van der Waals surface area contributed by atoms with Crippen molar-refractivity contribution in [1.29, 1.82) is 0 Å². The number of ether oxygens (including phenoxy) is 1. The molecule has 32 heavy (non-hydrogen) atoms. The van der Waals surface area contributed by atoms with Crippen LogP contribution in [0.1, 0.15) is 12.5 Å². The SMILES string of the molecule is CCc1ccc(S(=O)(=O)c2cnc(SCC(=O)Nc3ccc(OC)c(Cl)c3)[nH]c2=O)cc1. The summed E-state index contributed by atoms with van der Waals surface area (Å²) in [7, 11) is -2.52. The Bertz CT molecular complexity index is 1290. The number of hydrogen-bond acceptors (Lipinski definition) is 7. The number of halogens is 1. The van der Waals surface area contributed by atoms with Gasteiger partial charge in [-0.05, 0) is 42.3 Å². The van der Waals surface area contributed by atoms with Crippen molar-refractivity contribution in [1.82, 2.24) is 9.97 Å². The topological polar surface area (TPSA) is 118 Å². The van der Waals surface area contributed by atoms with E-state index in [0.717, 1.165) is 29.9 Å². The van der Waals surface area contributed by atoms with Crippen LogP contribution in [-0.2, 0) is 21.1 Å². The molecule has 0 aliphatic carbocycles. The number of carbonyl (C=O) groups is 1. The van der Waals surface area contributed by atoms with Gasteiger partial charge >= 0.3 is 0 Å². The van der Waals surface area contributed by atoms with Crippen molar-refractivity contribution >= 4 is 44.8 Å². The van der Waals surface area contributed by atoms with Gasteiger partial charge in [-0.3, -0.25) is 9.59 Å². The van der Waals surface area contributed by atoms with Crippen LogP contribution in [0.5, 0.6) is 5.75 Å². The lowest BCUT2D eigenvalue weighted by Crippen LogP contribution is -2.20. The Balaban J connectivity index is 1.67. The molecule has 0 unspecified atom stereocenters. The van der Waals surface area contributed by atoms with E-state index < -0.39 is 20.3 Å². The molecule has 0 aliphatic heterocycles. The molecule has 8 nitrogen and oxygen atoms in total. The highest BCUT2D eigenvalue weighted by Gasteiger charge is 2.22. The van der Waals surface area contributed by atoms with Crippen LogP contribution in [0.4, 0.5) is 5.69 Å². The summed E-state index contributed by atoms with van der Waals surface area (Å²) in [5.41, 5.74) is 0.667. The van der Waals surface area contributed by atoms with Gasteiger partial charge in [-0.25, -0.2) is 13.4 Å². The van der Waals surface area contributed by atoms with E-state index >= 15 is 0 Å². The highest BCUT2D eigenvalue weighted by Crippen LogP contribution is 2.27. The number of aromatic nitrogens is 2. The van der Waals surface area contributed by atoms with Crippen LogP contribution in [0.2, 0.25) is 5.02 Å². The molecule has 0 fully saturated rings. The molecule has 2 aromatic carbocycles. The molecule has 11 heteroatoms. The van der Waals surface area contributed by atoms with Crippen LogP contribution < -0.4 is 15.6 Å². The molecular formula is C21H20ClN3O5S2. The first-order chi connectivity index (χ1) is 15.2. The lowest BCUT2D eigenvalue weighted by atomic mass is 10.2. The minimum absolute atomic E-state index is 0.0138. The minimum atomic E-state index is -4.01. The first-order valence-corrected chi connectivity index (χ1v) is 12.3. The van der Waals surface area contributed by atoms with Crippen LogP contribution in [0.25, 0.3) is 0 Å². The molecule has 0 spiro atoms. The molecule has 3 aromatic rings. The first-order valence-electron chi connectivity index (χ1n) is 9.44. The summed E-state index contributed by atoms with van der Waals surface area (Å²) >= 11 is 7.00. The maximum absolute atomic E-state index is 12.8. The molecule has 0 aliphatic rings. The second-order valence-corrected chi connectivity index (χ2v) is 9.86. The number of sulfone groups is 1. The van der Waals surface area contributed by atoms with Crippen molar-refractivity contribution in [3.63, 3.8) is 0 Å². The van der Waals surface area contributed by atoms with Crippen molar-refractivity contribution in [2.45, 2.75) is 28.3 Å². The van der Waals surface area contributed by atoms with E-state index in [1.54, 1.807) is 30.3 Å². The quantitative estimate of drug-likeness (QED) is 0.364. The van der Waals surface area contributed by atoms with E-state index in [4.69, 9.17) is 16.3 Å². The van der Waals surface area contributed by atoms with Gasteiger partial charge in [0.15, 0.2) is 10.1 Å². The molecule has 1 heterocycles. The average molecular weight is 494 g/mol. The predicted molar refractivity (Wildman–Crippen MR) is 123 cm³/mol. The van der Waals surface area contributed by atoms with Gasteiger partial charge in [0, 0.05) is 5.69 Å². The van der Waals surface area contributed by atoms with E-state index in [2.05, 4.69) is 15.3 Å². The van der Waals surface area contributed by atoms with Gasteiger partial charge < -0.3 is 15.0 Å². The highest BCUT2D eigenvalue weighted by atomic mass is 35.5. The smallest absolute Gasteiger partial charge is 0.270 e. The van der Waals surface area contributed by atoms with Crippen molar-refractivity contribution < 1.29 is 17.9 Å². The average Bonchev–Trinajstić information content (AvgIpc) is 2.77. The number of anilines is 1. The van der Waals surface area contributed by atoms with Gasteiger partial charge in [0.05, 0.1) is 29.0 Å². The third-order valence-corrected chi connectivity index (χ3v) is 7.40. The summed E-state index contributed by atoms with van der Waals surface area (Å²) in [5, 5.41) is 3.15. The van der Waals surface area contributed by atoms with Crippen LogP contribution in [0.15, 0.2) is 68.4 Å². The zero-order valence-electron chi connectivity index (χ0n) is 17.2. The van der Waals surface area contributed by atoms with Crippen LogP contribution >= 0.6 is 23.4 Å². The largest absolute Gasteiger partial charge is 0.495 e. The van der Waals surface area contributed by atoms with E-state index in [1.165, 1.54) is 19.2 Å². The number of aromatic amines is 1. The summed E-state index contributed by atoms with van der Waals surface area (Å²) in [6.07, 6.45) is 1.78. The molecule has 1 amide bonds. The van der Waals surface area contributed by atoms with Crippen LogP contribution in [-0.4, -0.2) is 37.2 Å². The Morgan fingerprint density at radius 1 is 1.22 bits per heavy atom. The summed E-state index contributed by atoms with van der Waals surface area (Å²) in [5.74, 6) is 0.0701. The fourth-order valence-electron chi connectivity index (χ4n) is 2.74. The third-order valence-electron chi connectivity index (χ3n) is 4.45. The van der Waals surface area contributed by atoms with E-state index in [-0.39, 0.29) is 21.7 Å². The number of methoxy groups -OCH3 is 1. The fraction of sp³-hybridized carbons (Fsp3) is 0.190. The molecule has 3 rings (SSSR count). The summed E-state index contributed by atoms with van der Waals surface area (Å²) in [6, 6.07) is 11.1. The second kappa shape index (κ2) is 10.2. The zero-order valence-corrected chi connectivity index (χ0v) is 19.6. The number of benzene rings is 2. The molecule has 0 bridgehead atoms. The molecule has 2 N–H and O–H groups in total. The van der Waals surface area contributed by atoms with Crippen molar-refractivity contribution in [3.8, 4) is 5.75 Å². The number of H-pyrrole nitrogens is 1. The van der Waals surface area contributed by atoms with Crippen molar-refractivity contribution in [2.75, 3.05) is 18.2 Å². The second-order valence-electron chi connectivity index (χ2n) is 6.57. The van der Waals surface area contributed by atoms with Gasteiger partial charge in [0.1, 0.15) is 5.75 Å². The van der Waals surface area contributed by atoms with Gasteiger partial charge in [0.2, 0.25) is 15.7 Å². The standard InChI is InChI=1S/C21H20ClN3O5S2/c1-3-13-4-7-15(8-5-13)32(28,29)18-11-23-21(25-20(18)27)31-12-19(26)24-14-6-9-17(30-2)16(22)10-14/h4-11H,3,12H2,1-2H3,(H,24,26)(H,23,25,27). The fourth-order valence-corrected chi connectivity index (χ4v) is 4.86. The Hall–Kier alpha value is -2.82. The van der Waals surface area contributed by atoms with Crippen molar-refractivity contribution in [3.05, 3.63) is 69.6 Å². The van der Waals surface area contributed by atoms with Crippen LogP contribution in [0.3, 0.4) is 0 Å². The van der Waals surface area contributed by atoms with Crippen LogP contribution in [0, 0.1) is 0 Å². The van der Waals surface area contributed by atoms with E-state index in [0.29, 0.717) is 16.5 Å². The number of rotatable bonds is 8. The Labute approximate surface area is 194 Å². The maximum atomic E-state index is 12.8. The maximum Gasteiger partial charge on any atom is 0.270 e. The Kier molecular flexibility index (Phi) is 7.60. The molecule has 0 radical (unpaired) electrons. The number of carbonyl (C=O) groups excluding carboxylic acids is 1. The molecule has 168 valence electrons. The zero-order chi connectivity index (χ0) is 23.3. The molecule has 0 saturated heterocycles. The van der Waals surface area contributed by atoms with Gasteiger partial charge in [0.25, 0.3) is 5.56 Å². The monoisotopic (exact) mass is 493 g/mol.